The normalized spacial score (nSPS) is 12.3. The number of allylic oxidation sites excluding steroid dienone is 3. The molecular weight excluding hydrogens is 491 g/mol. The molecule has 0 fully saturated rings. The Kier molecular flexibility index (Phi) is 29.5. The summed E-state index contributed by atoms with van der Waals surface area (Å²) in [4.78, 5) is 0. The predicted octanol–water partition coefficient (Wildman–Crippen LogP) is 13.1. The van der Waals surface area contributed by atoms with E-state index in [0.29, 0.717) is 0 Å². The third-order valence-electron chi connectivity index (χ3n) is 6.78. The van der Waals surface area contributed by atoms with E-state index in [4.69, 9.17) is 13.6 Å². The monoisotopic (exact) mass is 554 g/mol. The summed E-state index contributed by atoms with van der Waals surface area (Å²) in [6.45, 7) is 6.74. The fourth-order valence-electron chi connectivity index (χ4n) is 4.29. The fraction of sp³-hybridized carbons (Fsp3) is 0.818. The molecule has 0 aliphatic carbocycles. The maximum Gasteiger partial charge on any atom is 0.645 e. The average Bonchev–Trinajstić information content (AvgIpc) is 2.92. The maximum atomic E-state index is 13.1. The molecule has 0 unspecified atom stereocenters. The van der Waals surface area contributed by atoms with Crippen LogP contribution in [-0.4, -0.2) is 0 Å². The molecule has 0 heterocycles. The Labute approximate surface area is 237 Å². The second-order valence-electron chi connectivity index (χ2n) is 10.6. The maximum absolute atomic E-state index is 13.1. The van der Waals surface area contributed by atoms with Crippen LogP contribution >= 0.6 is 7.82 Å². The Hall–Kier alpha value is -1.15. The third kappa shape index (κ3) is 27.9. The topological polar surface area (TPSA) is 44.8 Å². The van der Waals surface area contributed by atoms with Crippen LogP contribution in [0.3, 0.4) is 0 Å². The molecule has 0 saturated carbocycles. The largest absolute Gasteiger partial charge is 0.645 e. The summed E-state index contributed by atoms with van der Waals surface area (Å²) in [6.07, 6.45) is 39.7. The highest BCUT2D eigenvalue weighted by molar-refractivity contribution is 7.48. The summed E-state index contributed by atoms with van der Waals surface area (Å²) in [7, 11) is -3.70. The van der Waals surface area contributed by atoms with Gasteiger partial charge in [0.25, 0.3) is 0 Å². The van der Waals surface area contributed by atoms with E-state index in [1.807, 2.05) is 18.2 Å². The molecule has 38 heavy (non-hydrogen) atoms. The van der Waals surface area contributed by atoms with E-state index in [0.717, 1.165) is 38.5 Å². The van der Waals surface area contributed by atoms with Crippen molar-refractivity contribution in [1.29, 1.82) is 0 Å². The molecule has 0 bridgehead atoms. The van der Waals surface area contributed by atoms with Crippen molar-refractivity contribution < 1.29 is 18.1 Å². The summed E-state index contributed by atoms with van der Waals surface area (Å²) in [6, 6.07) is 0. The molecule has 5 heteroatoms. The van der Waals surface area contributed by atoms with Crippen LogP contribution in [0.5, 0.6) is 0 Å². The lowest BCUT2D eigenvalue weighted by Crippen LogP contribution is -1.89. The van der Waals surface area contributed by atoms with Gasteiger partial charge in [0.05, 0.1) is 18.8 Å². The van der Waals surface area contributed by atoms with Gasteiger partial charge in [0.15, 0.2) is 0 Å². The lowest BCUT2D eigenvalue weighted by atomic mass is 10.1. The molecule has 224 valence electrons. The Morgan fingerprint density at radius 3 is 0.895 bits per heavy atom. The first-order valence-electron chi connectivity index (χ1n) is 16.3. The molecule has 0 saturated heterocycles. The molecule has 0 N–H and O–H groups in total. The van der Waals surface area contributed by atoms with Crippen LogP contribution in [0.4, 0.5) is 0 Å². The molecule has 4 nitrogen and oxygen atoms in total. The third-order valence-corrected chi connectivity index (χ3v) is 7.92. The first-order valence-corrected chi connectivity index (χ1v) is 17.7. The summed E-state index contributed by atoms with van der Waals surface area (Å²) >= 11 is 0. The second-order valence-corrected chi connectivity index (χ2v) is 12.1. The Morgan fingerprint density at radius 1 is 0.395 bits per heavy atom. The number of rotatable bonds is 30. The number of phosphoric ester groups is 1. The van der Waals surface area contributed by atoms with E-state index < -0.39 is 7.82 Å². The molecule has 0 atom stereocenters. The molecule has 0 amide bonds. The highest BCUT2D eigenvalue weighted by Gasteiger charge is 2.27. The minimum Gasteiger partial charge on any atom is -0.394 e. The zero-order chi connectivity index (χ0) is 27.8. The number of phosphoric acid groups is 1. The van der Waals surface area contributed by atoms with Crippen molar-refractivity contribution in [3.8, 4) is 0 Å². The van der Waals surface area contributed by atoms with Crippen molar-refractivity contribution in [3.05, 3.63) is 37.0 Å². The summed E-state index contributed by atoms with van der Waals surface area (Å²) in [5.74, 6) is 0. The van der Waals surface area contributed by atoms with E-state index in [2.05, 4.69) is 20.8 Å². The highest BCUT2D eigenvalue weighted by atomic mass is 31.2. The van der Waals surface area contributed by atoms with Crippen molar-refractivity contribution in [2.75, 3.05) is 0 Å². The van der Waals surface area contributed by atoms with Crippen LogP contribution in [0.2, 0.25) is 0 Å². The second kappa shape index (κ2) is 30.4. The van der Waals surface area contributed by atoms with Crippen molar-refractivity contribution in [1.82, 2.24) is 0 Å². The van der Waals surface area contributed by atoms with Crippen molar-refractivity contribution in [2.45, 2.75) is 175 Å². The standard InChI is InChI=1S/C33H63O4P/c1-4-7-10-13-16-19-22-25-28-31-35-38(34,36-32-29-26-23-20-17-14-11-8-5-2)37-33-30-27-24-21-18-15-12-9-6-3/h28-33H,4-27H2,1-3H3/b31-28+,32-29+,33-30+. The average molecular weight is 555 g/mol. The van der Waals surface area contributed by atoms with Crippen LogP contribution in [0.15, 0.2) is 37.0 Å². The van der Waals surface area contributed by atoms with Gasteiger partial charge in [-0.15, -0.1) is 0 Å². The smallest absolute Gasteiger partial charge is 0.394 e. The molecule has 0 rings (SSSR count). The minimum atomic E-state index is -3.70. The summed E-state index contributed by atoms with van der Waals surface area (Å²) < 4.78 is 29.5. The molecule has 0 radical (unpaired) electrons. The van der Waals surface area contributed by atoms with Crippen LogP contribution < -0.4 is 0 Å². The number of hydrogen-bond acceptors (Lipinski definition) is 4. The van der Waals surface area contributed by atoms with Gasteiger partial charge in [-0.3, -0.25) is 0 Å². The first-order chi connectivity index (χ1) is 18.7. The van der Waals surface area contributed by atoms with Gasteiger partial charge in [-0.2, -0.15) is 4.57 Å². The Bertz CT molecular complexity index is 519. The van der Waals surface area contributed by atoms with Gasteiger partial charge >= 0.3 is 7.82 Å². The molecule has 0 aliphatic heterocycles. The SMILES string of the molecule is CCCCCCCCC/C=C/OP(=O)(O/C=C/CCCCCCCCC)O/C=C/CCCCCCCCC. The van der Waals surface area contributed by atoms with E-state index in [1.165, 1.54) is 134 Å². The summed E-state index contributed by atoms with van der Waals surface area (Å²) in [5, 5.41) is 0. The van der Waals surface area contributed by atoms with Crippen LogP contribution in [0.25, 0.3) is 0 Å². The van der Waals surface area contributed by atoms with E-state index in [1.54, 1.807) is 0 Å². The van der Waals surface area contributed by atoms with Crippen molar-refractivity contribution >= 4 is 7.82 Å². The van der Waals surface area contributed by atoms with Gasteiger partial charge in [-0.25, -0.2) is 0 Å². The van der Waals surface area contributed by atoms with Gasteiger partial charge in [0.1, 0.15) is 0 Å². The van der Waals surface area contributed by atoms with Crippen LogP contribution in [0.1, 0.15) is 175 Å². The van der Waals surface area contributed by atoms with Crippen LogP contribution in [0, 0.1) is 0 Å². The highest BCUT2D eigenvalue weighted by Crippen LogP contribution is 2.50. The van der Waals surface area contributed by atoms with E-state index >= 15 is 0 Å². The van der Waals surface area contributed by atoms with Crippen LogP contribution in [-0.2, 0) is 18.1 Å². The fourth-order valence-corrected chi connectivity index (χ4v) is 5.14. The van der Waals surface area contributed by atoms with Gasteiger partial charge in [0, 0.05) is 0 Å². The zero-order valence-corrected chi connectivity index (χ0v) is 26.4. The van der Waals surface area contributed by atoms with Crippen molar-refractivity contribution in [2.24, 2.45) is 0 Å². The first kappa shape index (κ1) is 36.8. The molecule has 0 aromatic heterocycles. The van der Waals surface area contributed by atoms with Gasteiger partial charge in [-0.1, -0.05) is 136 Å². The lowest BCUT2D eigenvalue weighted by Gasteiger charge is -2.13. The molecule has 0 aromatic carbocycles. The minimum absolute atomic E-state index is 0.913. The van der Waals surface area contributed by atoms with Gasteiger partial charge in [0.2, 0.25) is 0 Å². The Morgan fingerprint density at radius 2 is 0.632 bits per heavy atom. The Balaban J connectivity index is 4.35. The lowest BCUT2D eigenvalue weighted by molar-refractivity contribution is 0.229. The molecular formula is C33H63O4P. The van der Waals surface area contributed by atoms with Crippen molar-refractivity contribution in [3.63, 3.8) is 0 Å². The zero-order valence-electron chi connectivity index (χ0n) is 25.5. The quantitative estimate of drug-likeness (QED) is 0.0503. The summed E-state index contributed by atoms with van der Waals surface area (Å²) in [5.41, 5.74) is 0. The van der Waals surface area contributed by atoms with E-state index in [9.17, 15) is 4.57 Å². The molecule has 0 aromatic rings. The van der Waals surface area contributed by atoms with E-state index in [-0.39, 0.29) is 0 Å². The number of unbranched alkanes of at least 4 members (excludes halogenated alkanes) is 21. The molecule has 0 aliphatic rings. The number of hydrogen-bond donors (Lipinski definition) is 0. The molecule has 0 spiro atoms. The predicted molar refractivity (Wildman–Crippen MR) is 166 cm³/mol. The van der Waals surface area contributed by atoms with Gasteiger partial charge in [-0.05, 0) is 56.8 Å². The van der Waals surface area contributed by atoms with Gasteiger partial charge < -0.3 is 13.6 Å².